The first-order chi connectivity index (χ1) is 9.11. The summed E-state index contributed by atoms with van der Waals surface area (Å²) in [6, 6.07) is 0.609. The zero-order chi connectivity index (χ0) is 13.8. The van der Waals surface area contributed by atoms with E-state index in [9.17, 15) is 4.79 Å². The fourth-order valence-corrected chi connectivity index (χ4v) is 2.22. The summed E-state index contributed by atoms with van der Waals surface area (Å²) >= 11 is 0. The third kappa shape index (κ3) is 3.20. The van der Waals surface area contributed by atoms with Gasteiger partial charge in [-0.3, -0.25) is 4.90 Å². The van der Waals surface area contributed by atoms with E-state index in [-0.39, 0.29) is 5.56 Å². The van der Waals surface area contributed by atoms with Crippen LogP contribution in [-0.4, -0.2) is 58.2 Å². The Bertz CT molecular complexity index is 427. The lowest BCUT2D eigenvalue weighted by molar-refractivity contribution is 0.0696. The summed E-state index contributed by atoms with van der Waals surface area (Å²) in [6.45, 7) is 8.21. The standard InChI is InChI=1S/C13H20N4O2/c1-3-10(2)16-4-6-17(7-5-16)13-14-8-11(9-15-13)12(18)19/h8-10H,3-7H2,1-2H3,(H,18,19). The number of carboxylic acid groups (broad SMARTS) is 1. The van der Waals surface area contributed by atoms with E-state index < -0.39 is 5.97 Å². The molecular formula is C13H20N4O2. The molecule has 0 radical (unpaired) electrons. The molecule has 0 aliphatic carbocycles. The maximum atomic E-state index is 10.7. The fourth-order valence-electron chi connectivity index (χ4n) is 2.22. The van der Waals surface area contributed by atoms with Gasteiger partial charge < -0.3 is 10.0 Å². The van der Waals surface area contributed by atoms with Crippen molar-refractivity contribution in [1.82, 2.24) is 14.9 Å². The van der Waals surface area contributed by atoms with Crippen LogP contribution in [0, 0.1) is 0 Å². The van der Waals surface area contributed by atoms with Crippen LogP contribution in [0.2, 0.25) is 0 Å². The lowest BCUT2D eigenvalue weighted by atomic mass is 10.2. The number of nitrogens with zero attached hydrogens (tertiary/aromatic N) is 4. The zero-order valence-electron chi connectivity index (χ0n) is 11.4. The highest BCUT2D eigenvalue weighted by atomic mass is 16.4. The smallest absolute Gasteiger partial charge is 0.338 e. The second kappa shape index (κ2) is 5.97. The Morgan fingerprint density at radius 2 is 1.89 bits per heavy atom. The van der Waals surface area contributed by atoms with Gasteiger partial charge >= 0.3 is 5.97 Å². The van der Waals surface area contributed by atoms with Gasteiger partial charge in [0.2, 0.25) is 5.95 Å². The molecule has 1 N–H and O–H groups in total. The molecule has 2 rings (SSSR count). The molecule has 1 aromatic heterocycles. The molecule has 0 aromatic carbocycles. The van der Waals surface area contributed by atoms with Crippen molar-refractivity contribution in [3.05, 3.63) is 18.0 Å². The third-order valence-corrected chi connectivity index (χ3v) is 3.70. The largest absolute Gasteiger partial charge is 0.478 e. The van der Waals surface area contributed by atoms with Crippen molar-refractivity contribution in [3.63, 3.8) is 0 Å². The number of anilines is 1. The van der Waals surface area contributed by atoms with E-state index in [2.05, 4.69) is 33.6 Å². The number of piperazine rings is 1. The van der Waals surface area contributed by atoms with Crippen molar-refractivity contribution in [3.8, 4) is 0 Å². The van der Waals surface area contributed by atoms with Gasteiger partial charge in [0.05, 0.1) is 5.56 Å². The summed E-state index contributed by atoms with van der Waals surface area (Å²) in [5.74, 6) is -0.373. The number of carboxylic acids is 1. The lowest BCUT2D eigenvalue weighted by Crippen LogP contribution is -2.50. The highest BCUT2D eigenvalue weighted by Crippen LogP contribution is 2.13. The van der Waals surface area contributed by atoms with Crippen molar-refractivity contribution in [1.29, 1.82) is 0 Å². The van der Waals surface area contributed by atoms with Crippen LogP contribution in [0.4, 0.5) is 5.95 Å². The first-order valence-corrected chi connectivity index (χ1v) is 6.66. The van der Waals surface area contributed by atoms with Crippen molar-refractivity contribution in [2.75, 3.05) is 31.1 Å². The second-order valence-corrected chi connectivity index (χ2v) is 4.86. The van der Waals surface area contributed by atoms with Crippen molar-refractivity contribution >= 4 is 11.9 Å². The quantitative estimate of drug-likeness (QED) is 0.878. The molecule has 1 atom stereocenters. The number of aromatic carboxylic acids is 1. The molecule has 1 saturated heterocycles. The Kier molecular flexibility index (Phi) is 4.31. The first-order valence-electron chi connectivity index (χ1n) is 6.66. The van der Waals surface area contributed by atoms with Gasteiger partial charge in [-0.05, 0) is 13.3 Å². The van der Waals surface area contributed by atoms with Crippen LogP contribution in [0.1, 0.15) is 30.6 Å². The SMILES string of the molecule is CCC(C)N1CCN(c2ncc(C(=O)O)cn2)CC1. The Morgan fingerprint density at radius 3 is 2.37 bits per heavy atom. The molecule has 0 amide bonds. The van der Waals surface area contributed by atoms with Gasteiger partial charge in [0.15, 0.2) is 0 Å². The molecule has 6 heteroatoms. The minimum absolute atomic E-state index is 0.127. The number of hydrogen-bond acceptors (Lipinski definition) is 5. The summed E-state index contributed by atoms with van der Waals surface area (Å²) in [5.41, 5.74) is 0.127. The van der Waals surface area contributed by atoms with Crippen LogP contribution in [0.15, 0.2) is 12.4 Å². The van der Waals surface area contributed by atoms with E-state index in [4.69, 9.17) is 5.11 Å². The summed E-state index contributed by atoms with van der Waals surface area (Å²) in [5, 5.41) is 8.81. The molecule has 0 spiro atoms. The van der Waals surface area contributed by atoms with E-state index in [0.717, 1.165) is 32.6 Å². The molecule has 1 fully saturated rings. The average Bonchev–Trinajstić information content (AvgIpc) is 2.46. The van der Waals surface area contributed by atoms with Gasteiger partial charge in [-0.15, -0.1) is 0 Å². The normalized spacial score (nSPS) is 18.3. The lowest BCUT2D eigenvalue weighted by Gasteiger charge is -2.37. The van der Waals surface area contributed by atoms with E-state index in [1.54, 1.807) is 0 Å². The van der Waals surface area contributed by atoms with Gasteiger partial charge in [0.25, 0.3) is 0 Å². The molecule has 19 heavy (non-hydrogen) atoms. The van der Waals surface area contributed by atoms with Crippen LogP contribution >= 0.6 is 0 Å². The molecule has 6 nitrogen and oxygen atoms in total. The van der Waals surface area contributed by atoms with Crippen LogP contribution in [-0.2, 0) is 0 Å². The minimum Gasteiger partial charge on any atom is -0.478 e. The predicted octanol–water partition coefficient (Wildman–Crippen LogP) is 1.10. The van der Waals surface area contributed by atoms with Gasteiger partial charge in [0.1, 0.15) is 0 Å². The number of carbonyl (C=O) groups is 1. The molecular weight excluding hydrogens is 244 g/mol. The molecule has 0 saturated carbocycles. The van der Waals surface area contributed by atoms with Gasteiger partial charge in [-0.2, -0.15) is 0 Å². The Labute approximate surface area is 113 Å². The first kappa shape index (κ1) is 13.7. The van der Waals surface area contributed by atoms with E-state index >= 15 is 0 Å². The monoisotopic (exact) mass is 264 g/mol. The van der Waals surface area contributed by atoms with Gasteiger partial charge in [0, 0.05) is 44.6 Å². The van der Waals surface area contributed by atoms with E-state index in [0.29, 0.717) is 12.0 Å². The second-order valence-electron chi connectivity index (χ2n) is 4.86. The van der Waals surface area contributed by atoms with Crippen molar-refractivity contribution in [2.24, 2.45) is 0 Å². The highest BCUT2D eigenvalue weighted by Gasteiger charge is 2.21. The van der Waals surface area contributed by atoms with E-state index in [1.807, 2.05) is 0 Å². The molecule has 1 aliphatic heterocycles. The van der Waals surface area contributed by atoms with E-state index in [1.165, 1.54) is 12.4 Å². The fraction of sp³-hybridized carbons (Fsp3) is 0.615. The molecule has 1 unspecified atom stereocenters. The van der Waals surface area contributed by atoms with Gasteiger partial charge in [-0.25, -0.2) is 14.8 Å². The molecule has 1 aromatic rings. The molecule has 104 valence electrons. The summed E-state index contributed by atoms with van der Waals surface area (Å²) < 4.78 is 0. The third-order valence-electron chi connectivity index (χ3n) is 3.70. The Morgan fingerprint density at radius 1 is 1.32 bits per heavy atom. The topological polar surface area (TPSA) is 69.6 Å². The maximum Gasteiger partial charge on any atom is 0.338 e. The molecule has 0 bridgehead atoms. The zero-order valence-corrected chi connectivity index (χ0v) is 11.4. The van der Waals surface area contributed by atoms with Crippen molar-refractivity contribution in [2.45, 2.75) is 26.3 Å². The Balaban J connectivity index is 1.96. The highest BCUT2D eigenvalue weighted by molar-refractivity contribution is 5.86. The number of hydrogen-bond donors (Lipinski definition) is 1. The van der Waals surface area contributed by atoms with Crippen LogP contribution < -0.4 is 4.90 Å². The van der Waals surface area contributed by atoms with Crippen LogP contribution in [0.3, 0.4) is 0 Å². The van der Waals surface area contributed by atoms with Gasteiger partial charge in [-0.1, -0.05) is 6.92 Å². The van der Waals surface area contributed by atoms with Crippen LogP contribution in [0.5, 0.6) is 0 Å². The number of rotatable bonds is 4. The summed E-state index contributed by atoms with van der Waals surface area (Å²) in [7, 11) is 0. The van der Waals surface area contributed by atoms with Crippen LogP contribution in [0.25, 0.3) is 0 Å². The summed E-state index contributed by atoms with van der Waals surface area (Å²) in [4.78, 5) is 23.6. The molecule has 1 aliphatic rings. The minimum atomic E-state index is -0.992. The summed E-state index contributed by atoms with van der Waals surface area (Å²) in [6.07, 6.45) is 3.89. The molecule has 2 heterocycles. The Hall–Kier alpha value is -1.69. The number of aromatic nitrogens is 2. The predicted molar refractivity (Wildman–Crippen MR) is 72.5 cm³/mol. The average molecular weight is 264 g/mol. The maximum absolute atomic E-state index is 10.7. The van der Waals surface area contributed by atoms with Crippen molar-refractivity contribution < 1.29 is 9.90 Å².